The molecule has 1 aromatic heterocycles. The van der Waals surface area contributed by atoms with Gasteiger partial charge in [-0.15, -0.1) is 11.3 Å². The van der Waals surface area contributed by atoms with E-state index in [-0.39, 0.29) is 24.5 Å². The summed E-state index contributed by atoms with van der Waals surface area (Å²) in [6, 6.07) is 16.5. The van der Waals surface area contributed by atoms with Crippen molar-refractivity contribution in [3.8, 4) is 11.3 Å². The first-order valence-corrected chi connectivity index (χ1v) is 11.3. The Hall–Kier alpha value is -3.39. The number of urea groups is 1. The number of nitrogen functional groups attached to an aromatic ring is 1. The van der Waals surface area contributed by atoms with E-state index in [1.807, 2.05) is 87.7 Å². The van der Waals surface area contributed by atoms with Crippen LogP contribution < -0.4 is 16.4 Å². The van der Waals surface area contributed by atoms with Gasteiger partial charge in [-0.05, 0) is 45.4 Å². The molecule has 0 unspecified atom stereocenters. The van der Waals surface area contributed by atoms with Gasteiger partial charge in [0.25, 0.3) is 0 Å². The molecule has 168 valence electrons. The fraction of sp³-hybridized carbons (Fsp3) is 0.292. The highest BCUT2D eigenvalue weighted by Crippen LogP contribution is 2.25. The van der Waals surface area contributed by atoms with Crippen LogP contribution in [0.25, 0.3) is 11.3 Å². The highest BCUT2D eigenvalue weighted by Gasteiger charge is 2.26. The number of hydrogen-bond donors (Lipinski definition) is 3. The van der Waals surface area contributed by atoms with Crippen LogP contribution in [0.1, 0.15) is 39.3 Å². The van der Waals surface area contributed by atoms with Gasteiger partial charge in [-0.2, -0.15) is 0 Å². The molecule has 0 radical (unpaired) electrons. The van der Waals surface area contributed by atoms with E-state index in [9.17, 15) is 9.59 Å². The first-order valence-electron chi connectivity index (χ1n) is 10.4. The number of amides is 3. The van der Waals surface area contributed by atoms with Crippen molar-refractivity contribution >= 4 is 34.1 Å². The molecular formula is C24H29N5O2S. The van der Waals surface area contributed by atoms with Gasteiger partial charge in [0.05, 0.1) is 11.7 Å². The van der Waals surface area contributed by atoms with E-state index in [2.05, 4.69) is 15.6 Å². The van der Waals surface area contributed by atoms with Gasteiger partial charge in [-0.1, -0.05) is 42.5 Å². The molecule has 0 fully saturated rings. The number of rotatable bonds is 6. The minimum Gasteiger partial charge on any atom is -0.375 e. The van der Waals surface area contributed by atoms with Gasteiger partial charge >= 0.3 is 6.03 Å². The first kappa shape index (κ1) is 23.3. The number of benzene rings is 2. The van der Waals surface area contributed by atoms with Crippen LogP contribution in [-0.2, 0) is 4.79 Å². The standard InChI is InChI=1S/C24H29N5O2S/c1-16(17-8-6-5-7-9-17)29(23(31)28-24(2,3)4)14-21(30)26-19-12-10-18(11-13-19)20-15-32-22(25)27-20/h5-13,15-16H,14H2,1-4H3,(H2,25,27)(H,26,30)(H,28,31)/t16-/m0/s1. The molecule has 2 aromatic carbocycles. The average molecular weight is 452 g/mol. The molecule has 0 aliphatic rings. The van der Waals surface area contributed by atoms with Gasteiger partial charge in [0.2, 0.25) is 5.91 Å². The molecule has 0 aliphatic carbocycles. The van der Waals surface area contributed by atoms with Gasteiger partial charge in [0.15, 0.2) is 5.13 Å². The van der Waals surface area contributed by atoms with E-state index < -0.39 is 5.54 Å². The Morgan fingerprint density at radius 2 is 1.75 bits per heavy atom. The maximum Gasteiger partial charge on any atom is 0.318 e. The summed E-state index contributed by atoms with van der Waals surface area (Å²) in [5, 5.41) is 8.24. The SMILES string of the molecule is C[C@@H](c1ccccc1)N(CC(=O)Nc1ccc(-c2csc(N)n2)cc1)C(=O)NC(C)(C)C. The lowest BCUT2D eigenvalue weighted by atomic mass is 10.1. The summed E-state index contributed by atoms with van der Waals surface area (Å²) in [4.78, 5) is 31.6. The summed E-state index contributed by atoms with van der Waals surface area (Å²) < 4.78 is 0. The second kappa shape index (κ2) is 9.82. The number of aromatic nitrogens is 1. The summed E-state index contributed by atoms with van der Waals surface area (Å²) in [7, 11) is 0. The summed E-state index contributed by atoms with van der Waals surface area (Å²) in [5.74, 6) is -0.275. The van der Waals surface area contributed by atoms with Crippen molar-refractivity contribution in [3.63, 3.8) is 0 Å². The number of nitrogens with two attached hydrogens (primary N) is 1. The predicted octanol–water partition coefficient (Wildman–Crippen LogP) is 4.90. The van der Waals surface area contributed by atoms with Crippen molar-refractivity contribution in [2.75, 3.05) is 17.6 Å². The average Bonchev–Trinajstić information content (AvgIpc) is 3.17. The van der Waals surface area contributed by atoms with E-state index in [0.717, 1.165) is 16.8 Å². The van der Waals surface area contributed by atoms with E-state index >= 15 is 0 Å². The maximum absolute atomic E-state index is 13.0. The third kappa shape index (κ3) is 6.31. The van der Waals surface area contributed by atoms with Crippen molar-refractivity contribution in [1.82, 2.24) is 15.2 Å². The van der Waals surface area contributed by atoms with Crippen LogP contribution in [0.4, 0.5) is 15.6 Å². The molecule has 0 aliphatic heterocycles. The zero-order valence-electron chi connectivity index (χ0n) is 18.8. The molecule has 3 aromatic rings. The van der Waals surface area contributed by atoms with Gasteiger partial charge in [-0.3, -0.25) is 4.79 Å². The number of nitrogens with zero attached hydrogens (tertiary/aromatic N) is 2. The number of hydrogen-bond acceptors (Lipinski definition) is 5. The fourth-order valence-corrected chi connectivity index (χ4v) is 3.76. The van der Waals surface area contributed by atoms with Gasteiger partial charge in [-0.25, -0.2) is 9.78 Å². The van der Waals surface area contributed by atoms with Crippen LogP contribution in [0.5, 0.6) is 0 Å². The summed E-state index contributed by atoms with van der Waals surface area (Å²) in [6.45, 7) is 7.57. The van der Waals surface area contributed by atoms with Gasteiger partial charge in [0.1, 0.15) is 6.54 Å². The minimum atomic E-state index is -0.420. The molecule has 0 saturated heterocycles. The Balaban J connectivity index is 1.72. The second-order valence-corrected chi connectivity index (χ2v) is 9.48. The molecule has 0 bridgehead atoms. The molecule has 0 saturated carbocycles. The Bertz CT molecular complexity index is 1060. The van der Waals surface area contributed by atoms with Crippen LogP contribution in [0.15, 0.2) is 60.0 Å². The number of anilines is 2. The van der Waals surface area contributed by atoms with E-state index in [1.165, 1.54) is 11.3 Å². The van der Waals surface area contributed by atoms with E-state index in [0.29, 0.717) is 10.8 Å². The van der Waals surface area contributed by atoms with Crippen LogP contribution in [-0.4, -0.2) is 33.9 Å². The zero-order valence-corrected chi connectivity index (χ0v) is 19.6. The third-order valence-corrected chi connectivity index (χ3v) is 5.47. The molecule has 32 heavy (non-hydrogen) atoms. The topological polar surface area (TPSA) is 100 Å². The lowest BCUT2D eigenvalue weighted by Crippen LogP contribution is -2.51. The molecule has 3 amide bonds. The Morgan fingerprint density at radius 3 is 2.31 bits per heavy atom. The lowest BCUT2D eigenvalue weighted by Gasteiger charge is -2.32. The van der Waals surface area contributed by atoms with Crippen LogP contribution in [0, 0.1) is 0 Å². The zero-order chi connectivity index (χ0) is 23.3. The number of thiazole rings is 1. The van der Waals surface area contributed by atoms with Crippen molar-refractivity contribution in [2.45, 2.75) is 39.3 Å². The molecule has 3 rings (SSSR count). The Labute approximate surface area is 192 Å². The first-order chi connectivity index (χ1) is 15.1. The molecule has 8 heteroatoms. The summed E-state index contributed by atoms with van der Waals surface area (Å²) in [5.41, 5.74) is 8.59. The van der Waals surface area contributed by atoms with Crippen molar-refractivity contribution in [1.29, 1.82) is 0 Å². The van der Waals surface area contributed by atoms with Crippen LogP contribution in [0.3, 0.4) is 0 Å². The van der Waals surface area contributed by atoms with E-state index in [1.54, 1.807) is 4.90 Å². The molecule has 1 atom stereocenters. The normalized spacial score (nSPS) is 12.1. The smallest absolute Gasteiger partial charge is 0.318 e. The van der Waals surface area contributed by atoms with Gasteiger partial charge < -0.3 is 21.3 Å². The van der Waals surface area contributed by atoms with Crippen molar-refractivity contribution < 1.29 is 9.59 Å². The molecule has 4 N–H and O–H groups in total. The minimum absolute atomic E-state index is 0.0810. The highest BCUT2D eigenvalue weighted by atomic mass is 32.1. The quantitative estimate of drug-likeness (QED) is 0.496. The summed E-state index contributed by atoms with van der Waals surface area (Å²) in [6.07, 6.45) is 0. The molecule has 0 spiro atoms. The predicted molar refractivity (Wildman–Crippen MR) is 130 cm³/mol. The summed E-state index contributed by atoms with van der Waals surface area (Å²) >= 11 is 1.38. The van der Waals surface area contributed by atoms with Gasteiger partial charge in [0, 0.05) is 22.2 Å². The third-order valence-electron chi connectivity index (χ3n) is 4.79. The molecule has 7 nitrogen and oxygen atoms in total. The number of carbonyl (C=O) groups is 2. The number of nitrogens with one attached hydrogen (secondary N) is 2. The van der Waals surface area contributed by atoms with Crippen LogP contribution in [0.2, 0.25) is 0 Å². The largest absolute Gasteiger partial charge is 0.375 e. The van der Waals surface area contributed by atoms with E-state index in [4.69, 9.17) is 5.73 Å². The monoisotopic (exact) mass is 451 g/mol. The lowest BCUT2D eigenvalue weighted by molar-refractivity contribution is -0.117. The number of carbonyl (C=O) groups excluding carboxylic acids is 2. The van der Waals surface area contributed by atoms with Crippen molar-refractivity contribution in [3.05, 3.63) is 65.5 Å². The highest BCUT2D eigenvalue weighted by molar-refractivity contribution is 7.13. The maximum atomic E-state index is 13.0. The van der Waals surface area contributed by atoms with Crippen LogP contribution >= 0.6 is 11.3 Å². The molecule has 1 heterocycles. The van der Waals surface area contributed by atoms with Crippen molar-refractivity contribution in [2.24, 2.45) is 0 Å². The Morgan fingerprint density at radius 1 is 1.09 bits per heavy atom. The molecular weight excluding hydrogens is 422 g/mol. The fourth-order valence-electron chi connectivity index (χ4n) is 3.19. The Kier molecular flexibility index (Phi) is 7.15. The second-order valence-electron chi connectivity index (χ2n) is 8.59.